The van der Waals surface area contributed by atoms with Crippen molar-refractivity contribution in [3.63, 3.8) is 0 Å². The second-order valence-electron chi connectivity index (χ2n) is 4.46. The Kier molecular flexibility index (Phi) is 3.77. The first-order valence-corrected chi connectivity index (χ1v) is 6.09. The first-order valence-electron chi connectivity index (χ1n) is 6.09. The van der Waals surface area contributed by atoms with Crippen LogP contribution in [-0.2, 0) is 7.05 Å². The summed E-state index contributed by atoms with van der Waals surface area (Å²) in [5.74, 6) is -0.201. The van der Waals surface area contributed by atoms with Crippen LogP contribution >= 0.6 is 0 Å². The quantitative estimate of drug-likeness (QED) is 0.900. The lowest BCUT2D eigenvalue weighted by Gasteiger charge is -2.18. The number of nitrogens with one attached hydrogen (secondary N) is 1. The second-order valence-corrected chi connectivity index (χ2v) is 4.46. The molecule has 2 rings (SSSR count). The number of benzene rings is 1. The lowest BCUT2D eigenvalue weighted by atomic mass is 9.99. The molecule has 1 heterocycles. The molecule has 0 amide bonds. The molecule has 0 bridgehead atoms. The molecular formula is C14H18FN3. The van der Waals surface area contributed by atoms with Gasteiger partial charge in [0.05, 0.1) is 18.1 Å². The highest BCUT2D eigenvalue weighted by molar-refractivity contribution is 5.34. The van der Waals surface area contributed by atoms with Gasteiger partial charge in [0, 0.05) is 13.2 Å². The van der Waals surface area contributed by atoms with Crippen LogP contribution in [0.5, 0.6) is 0 Å². The van der Waals surface area contributed by atoms with Crippen molar-refractivity contribution in [3.05, 3.63) is 53.4 Å². The standard InChI is InChI=1S/C14H18FN3/c1-4-16-14(13-8-18(3)9-17-13)12-6-5-11(15)7-10(12)2/h5-9,14,16H,4H2,1-3H3. The molecule has 0 saturated heterocycles. The van der Waals surface area contributed by atoms with Crippen LogP contribution in [0.4, 0.5) is 4.39 Å². The van der Waals surface area contributed by atoms with Crippen molar-refractivity contribution >= 4 is 0 Å². The molecule has 0 fully saturated rings. The van der Waals surface area contributed by atoms with Crippen LogP contribution < -0.4 is 5.32 Å². The topological polar surface area (TPSA) is 29.9 Å². The largest absolute Gasteiger partial charge is 0.340 e. The number of rotatable bonds is 4. The summed E-state index contributed by atoms with van der Waals surface area (Å²) in [4.78, 5) is 4.38. The fourth-order valence-electron chi connectivity index (χ4n) is 2.12. The maximum absolute atomic E-state index is 13.2. The zero-order valence-corrected chi connectivity index (χ0v) is 10.9. The molecule has 0 aliphatic rings. The van der Waals surface area contributed by atoms with Crippen LogP contribution in [0.15, 0.2) is 30.7 Å². The zero-order valence-electron chi connectivity index (χ0n) is 10.9. The summed E-state index contributed by atoms with van der Waals surface area (Å²) >= 11 is 0. The van der Waals surface area contributed by atoms with E-state index in [1.165, 1.54) is 6.07 Å². The third kappa shape index (κ3) is 2.59. The van der Waals surface area contributed by atoms with Gasteiger partial charge in [-0.15, -0.1) is 0 Å². The first-order chi connectivity index (χ1) is 8.61. The second kappa shape index (κ2) is 5.31. The predicted molar refractivity (Wildman–Crippen MR) is 69.9 cm³/mol. The van der Waals surface area contributed by atoms with E-state index in [-0.39, 0.29) is 11.9 Å². The van der Waals surface area contributed by atoms with E-state index in [0.29, 0.717) is 0 Å². The number of aromatic nitrogens is 2. The van der Waals surface area contributed by atoms with E-state index in [9.17, 15) is 4.39 Å². The Labute approximate surface area is 107 Å². The van der Waals surface area contributed by atoms with Gasteiger partial charge in [-0.05, 0) is 36.7 Å². The maximum Gasteiger partial charge on any atom is 0.123 e. The van der Waals surface area contributed by atoms with E-state index in [1.54, 1.807) is 12.4 Å². The van der Waals surface area contributed by atoms with Gasteiger partial charge in [0.1, 0.15) is 5.82 Å². The lowest BCUT2D eigenvalue weighted by Crippen LogP contribution is -2.23. The van der Waals surface area contributed by atoms with Gasteiger partial charge >= 0.3 is 0 Å². The molecule has 1 unspecified atom stereocenters. The summed E-state index contributed by atoms with van der Waals surface area (Å²) in [5.41, 5.74) is 2.96. The smallest absolute Gasteiger partial charge is 0.123 e. The molecular weight excluding hydrogens is 229 g/mol. The van der Waals surface area contributed by atoms with E-state index in [2.05, 4.69) is 17.2 Å². The molecule has 18 heavy (non-hydrogen) atoms. The predicted octanol–water partition coefficient (Wildman–Crippen LogP) is 2.57. The molecule has 0 aliphatic carbocycles. The maximum atomic E-state index is 13.2. The fourth-order valence-corrected chi connectivity index (χ4v) is 2.12. The van der Waals surface area contributed by atoms with E-state index in [1.807, 2.05) is 30.8 Å². The highest BCUT2D eigenvalue weighted by atomic mass is 19.1. The number of aryl methyl sites for hydroxylation is 2. The highest BCUT2D eigenvalue weighted by Crippen LogP contribution is 2.24. The number of halogens is 1. The summed E-state index contributed by atoms with van der Waals surface area (Å²) < 4.78 is 15.1. The van der Waals surface area contributed by atoms with Gasteiger partial charge in [-0.3, -0.25) is 0 Å². The number of hydrogen-bond acceptors (Lipinski definition) is 2. The molecule has 0 aliphatic heterocycles. The van der Waals surface area contributed by atoms with Crippen LogP contribution in [0, 0.1) is 12.7 Å². The van der Waals surface area contributed by atoms with Crippen LogP contribution in [0.25, 0.3) is 0 Å². The van der Waals surface area contributed by atoms with Crippen LogP contribution in [0.1, 0.15) is 29.8 Å². The van der Waals surface area contributed by atoms with Crippen molar-refractivity contribution < 1.29 is 4.39 Å². The Morgan fingerprint density at radius 1 is 1.44 bits per heavy atom. The van der Waals surface area contributed by atoms with E-state index in [4.69, 9.17) is 0 Å². The van der Waals surface area contributed by atoms with Gasteiger partial charge < -0.3 is 9.88 Å². The minimum Gasteiger partial charge on any atom is -0.340 e. The lowest BCUT2D eigenvalue weighted by molar-refractivity contribution is 0.603. The van der Waals surface area contributed by atoms with Gasteiger partial charge in [0.25, 0.3) is 0 Å². The Hall–Kier alpha value is -1.68. The Morgan fingerprint density at radius 3 is 2.78 bits per heavy atom. The van der Waals surface area contributed by atoms with Gasteiger partial charge in [-0.25, -0.2) is 9.37 Å². The average Bonchev–Trinajstić information content (AvgIpc) is 2.73. The third-order valence-corrected chi connectivity index (χ3v) is 2.97. The van der Waals surface area contributed by atoms with Crippen molar-refractivity contribution in [1.29, 1.82) is 0 Å². The normalized spacial score (nSPS) is 12.7. The van der Waals surface area contributed by atoms with Gasteiger partial charge in [-0.1, -0.05) is 13.0 Å². The van der Waals surface area contributed by atoms with Crippen LogP contribution in [0.2, 0.25) is 0 Å². The van der Waals surface area contributed by atoms with Crippen molar-refractivity contribution in [3.8, 4) is 0 Å². The minimum absolute atomic E-state index is 0.0109. The molecule has 3 nitrogen and oxygen atoms in total. The molecule has 2 aromatic rings. The summed E-state index contributed by atoms with van der Waals surface area (Å²) in [6.07, 6.45) is 3.76. The zero-order chi connectivity index (χ0) is 13.1. The molecule has 0 spiro atoms. The van der Waals surface area contributed by atoms with Crippen molar-refractivity contribution in [2.45, 2.75) is 19.9 Å². The fraction of sp³-hybridized carbons (Fsp3) is 0.357. The summed E-state index contributed by atoms with van der Waals surface area (Å²) in [6, 6.07) is 4.89. The van der Waals surface area contributed by atoms with Crippen molar-refractivity contribution in [1.82, 2.24) is 14.9 Å². The van der Waals surface area contributed by atoms with Gasteiger partial charge in [0.15, 0.2) is 0 Å². The average molecular weight is 247 g/mol. The number of nitrogens with zero attached hydrogens (tertiary/aromatic N) is 2. The van der Waals surface area contributed by atoms with E-state index >= 15 is 0 Å². The summed E-state index contributed by atoms with van der Waals surface area (Å²) in [5, 5.41) is 3.39. The van der Waals surface area contributed by atoms with Crippen molar-refractivity contribution in [2.75, 3.05) is 6.54 Å². The van der Waals surface area contributed by atoms with Gasteiger partial charge in [0.2, 0.25) is 0 Å². The molecule has 4 heteroatoms. The number of hydrogen-bond donors (Lipinski definition) is 1. The Bertz CT molecular complexity index is 534. The number of imidazole rings is 1. The van der Waals surface area contributed by atoms with Crippen LogP contribution in [-0.4, -0.2) is 16.1 Å². The molecule has 1 N–H and O–H groups in total. The SMILES string of the molecule is CCNC(c1cn(C)cn1)c1ccc(F)cc1C. The minimum atomic E-state index is -0.201. The molecule has 0 radical (unpaired) electrons. The Morgan fingerprint density at radius 2 is 2.22 bits per heavy atom. The van der Waals surface area contributed by atoms with Crippen LogP contribution in [0.3, 0.4) is 0 Å². The first kappa shape index (κ1) is 12.8. The summed E-state index contributed by atoms with van der Waals surface area (Å²) in [6.45, 7) is 4.80. The highest BCUT2D eigenvalue weighted by Gasteiger charge is 2.17. The third-order valence-electron chi connectivity index (χ3n) is 2.97. The molecule has 1 aromatic heterocycles. The molecule has 0 saturated carbocycles. The van der Waals surface area contributed by atoms with Gasteiger partial charge in [-0.2, -0.15) is 0 Å². The molecule has 96 valence electrons. The Balaban J connectivity index is 2.41. The summed E-state index contributed by atoms with van der Waals surface area (Å²) in [7, 11) is 1.94. The molecule has 1 atom stereocenters. The monoisotopic (exact) mass is 247 g/mol. The van der Waals surface area contributed by atoms with E-state index < -0.39 is 0 Å². The van der Waals surface area contributed by atoms with E-state index in [0.717, 1.165) is 23.4 Å². The molecule has 1 aromatic carbocycles. The van der Waals surface area contributed by atoms with Crippen molar-refractivity contribution in [2.24, 2.45) is 7.05 Å².